The van der Waals surface area contributed by atoms with Gasteiger partial charge in [0, 0.05) is 25.4 Å². The van der Waals surface area contributed by atoms with Crippen LogP contribution in [0.3, 0.4) is 0 Å². The molecule has 4 rings (SSSR count). The zero-order valence-corrected chi connectivity index (χ0v) is 16.6. The van der Waals surface area contributed by atoms with Gasteiger partial charge in [0.2, 0.25) is 5.91 Å². The van der Waals surface area contributed by atoms with Crippen molar-refractivity contribution in [3.8, 4) is 5.75 Å². The molecule has 27 heavy (non-hydrogen) atoms. The number of amides is 1. The number of morpholine rings is 1. The van der Waals surface area contributed by atoms with Crippen molar-refractivity contribution in [1.82, 2.24) is 4.98 Å². The summed E-state index contributed by atoms with van der Waals surface area (Å²) in [6.07, 6.45) is 0.448. The van der Waals surface area contributed by atoms with Gasteiger partial charge < -0.3 is 19.7 Å². The Morgan fingerprint density at radius 3 is 2.74 bits per heavy atom. The van der Waals surface area contributed by atoms with E-state index < -0.39 is 0 Å². The van der Waals surface area contributed by atoms with E-state index in [0.29, 0.717) is 24.8 Å². The van der Waals surface area contributed by atoms with Crippen LogP contribution < -0.4 is 15.0 Å². The molecule has 0 aliphatic carbocycles. The molecule has 6 nitrogen and oxygen atoms in total. The molecule has 1 N–H and O–H groups in total. The van der Waals surface area contributed by atoms with Gasteiger partial charge in [0.15, 0.2) is 5.13 Å². The van der Waals surface area contributed by atoms with Crippen LogP contribution in [0.1, 0.15) is 36.6 Å². The standard InChI is InChI=1S/C20H25N3O3S/c1-13(2)12-26-15-5-3-14(4-6-15)16-11-17(24)21-19-18(16)27-20(22-19)23-7-9-25-10-8-23/h3-6,13,16H,7-12H2,1-2H3,(H,21,24)/t16-/m0/s1. The lowest BCUT2D eigenvalue weighted by atomic mass is 9.91. The molecule has 3 heterocycles. The minimum atomic E-state index is 0.0199. The third-order valence-corrected chi connectivity index (χ3v) is 5.98. The summed E-state index contributed by atoms with van der Waals surface area (Å²) in [5, 5.41) is 3.91. The second-order valence-corrected chi connectivity index (χ2v) is 8.40. The number of thiazole rings is 1. The normalized spacial score (nSPS) is 19.7. The van der Waals surface area contributed by atoms with Crippen LogP contribution in [0.15, 0.2) is 24.3 Å². The molecule has 0 unspecified atom stereocenters. The fraction of sp³-hybridized carbons (Fsp3) is 0.500. The average Bonchev–Trinajstić information content (AvgIpc) is 3.11. The van der Waals surface area contributed by atoms with Crippen LogP contribution in [-0.2, 0) is 9.53 Å². The van der Waals surface area contributed by atoms with Gasteiger partial charge in [0.25, 0.3) is 0 Å². The second kappa shape index (κ2) is 7.86. The zero-order chi connectivity index (χ0) is 18.8. The summed E-state index contributed by atoms with van der Waals surface area (Å²) >= 11 is 1.68. The van der Waals surface area contributed by atoms with Crippen LogP contribution in [0.5, 0.6) is 5.75 Å². The Balaban J connectivity index is 1.57. The summed E-state index contributed by atoms with van der Waals surface area (Å²) in [6.45, 7) is 8.08. The van der Waals surface area contributed by atoms with Gasteiger partial charge in [0.05, 0.1) is 24.7 Å². The van der Waals surface area contributed by atoms with E-state index in [1.165, 1.54) is 0 Å². The third-order valence-electron chi connectivity index (χ3n) is 4.75. The number of anilines is 2. The molecule has 1 amide bonds. The topological polar surface area (TPSA) is 63.7 Å². The van der Waals surface area contributed by atoms with Crippen molar-refractivity contribution in [2.24, 2.45) is 5.92 Å². The Morgan fingerprint density at radius 1 is 1.30 bits per heavy atom. The molecule has 7 heteroatoms. The van der Waals surface area contributed by atoms with Crippen LogP contribution in [0.2, 0.25) is 0 Å². The Morgan fingerprint density at radius 2 is 2.04 bits per heavy atom. The summed E-state index contributed by atoms with van der Waals surface area (Å²) in [7, 11) is 0. The van der Waals surface area contributed by atoms with Gasteiger partial charge in [-0.3, -0.25) is 4.79 Å². The summed E-state index contributed by atoms with van der Waals surface area (Å²) in [5.41, 5.74) is 1.13. The first kappa shape index (κ1) is 18.3. The average molecular weight is 388 g/mol. The number of fused-ring (bicyclic) bond motifs is 1. The van der Waals surface area contributed by atoms with Gasteiger partial charge in [-0.1, -0.05) is 37.3 Å². The van der Waals surface area contributed by atoms with E-state index >= 15 is 0 Å². The molecule has 0 radical (unpaired) electrons. The molecule has 2 aliphatic rings. The smallest absolute Gasteiger partial charge is 0.226 e. The molecule has 1 atom stereocenters. The largest absolute Gasteiger partial charge is 0.493 e. The van der Waals surface area contributed by atoms with Crippen molar-refractivity contribution >= 4 is 28.2 Å². The predicted octanol–water partition coefficient (Wildman–Crippen LogP) is 3.49. The van der Waals surface area contributed by atoms with E-state index in [4.69, 9.17) is 14.5 Å². The Kier molecular flexibility index (Phi) is 5.31. The maximum atomic E-state index is 12.2. The van der Waals surface area contributed by atoms with E-state index in [9.17, 15) is 4.79 Å². The zero-order valence-electron chi connectivity index (χ0n) is 15.7. The highest BCUT2D eigenvalue weighted by Crippen LogP contribution is 2.43. The highest BCUT2D eigenvalue weighted by Gasteiger charge is 2.31. The Bertz CT molecular complexity index is 797. The molecular weight excluding hydrogens is 362 g/mol. The number of ether oxygens (including phenoxy) is 2. The van der Waals surface area contributed by atoms with Crippen molar-refractivity contribution < 1.29 is 14.3 Å². The van der Waals surface area contributed by atoms with E-state index in [-0.39, 0.29) is 11.8 Å². The van der Waals surface area contributed by atoms with Crippen LogP contribution in [0.4, 0.5) is 10.9 Å². The van der Waals surface area contributed by atoms with Crippen LogP contribution in [0.25, 0.3) is 0 Å². The first-order valence-corrected chi connectivity index (χ1v) is 10.3. The Hall–Kier alpha value is -2.12. The summed E-state index contributed by atoms with van der Waals surface area (Å²) in [6, 6.07) is 8.12. The molecule has 144 valence electrons. The predicted molar refractivity (Wildman–Crippen MR) is 107 cm³/mol. The van der Waals surface area contributed by atoms with E-state index in [1.54, 1.807) is 11.3 Å². The number of hydrogen-bond donors (Lipinski definition) is 1. The SMILES string of the molecule is CC(C)COc1ccc([C@@H]2CC(=O)Nc3nc(N4CCOCC4)sc32)cc1. The number of rotatable bonds is 5. The molecule has 2 aromatic rings. The molecular formula is C20H25N3O3S. The molecule has 1 aromatic carbocycles. The number of benzene rings is 1. The first-order chi connectivity index (χ1) is 13.1. The maximum absolute atomic E-state index is 12.2. The van der Waals surface area contributed by atoms with Gasteiger partial charge in [-0.25, -0.2) is 4.98 Å². The van der Waals surface area contributed by atoms with Crippen molar-refractivity contribution in [3.05, 3.63) is 34.7 Å². The lowest BCUT2D eigenvalue weighted by Gasteiger charge is -2.26. The van der Waals surface area contributed by atoms with Crippen LogP contribution >= 0.6 is 11.3 Å². The van der Waals surface area contributed by atoms with Crippen LogP contribution in [0, 0.1) is 5.92 Å². The van der Waals surface area contributed by atoms with Crippen molar-refractivity contribution in [2.75, 3.05) is 43.1 Å². The lowest BCUT2D eigenvalue weighted by molar-refractivity contribution is -0.116. The number of aromatic nitrogens is 1. The second-order valence-electron chi connectivity index (χ2n) is 7.39. The van der Waals surface area contributed by atoms with E-state index in [0.717, 1.165) is 47.6 Å². The number of nitrogens with zero attached hydrogens (tertiary/aromatic N) is 2. The maximum Gasteiger partial charge on any atom is 0.226 e. The fourth-order valence-corrected chi connectivity index (χ4v) is 4.53. The van der Waals surface area contributed by atoms with E-state index in [1.807, 2.05) is 12.1 Å². The van der Waals surface area contributed by atoms with Gasteiger partial charge in [-0.2, -0.15) is 0 Å². The fourth-order valence-electron chi connectivity index (χ4n) is 3.33. The monoisotopic (exact) mass is 387 g/mol. The quantitative estimate of drug-likeness (QED) is 0.851. The van der Waals surface area contributed by atoms with Crippen LogP contribution in [-0.4, -0.2) is 43.8 Å². The van der Waals surface area contributed by atoms with Crippen molar-refractivity contribution in [3.63, 3.8) is 0 Å². The van der Waals surface area contributed by atoms with Gasteiger partial charge >= 0.3 is 0 Å². The molecule has 1 aromatic heterocycles. The molecule has 2 aliphatic heterocycles. The summed E-state index contributed by atoms with van der Waals surface area (Å²) in [5.74, 6) is 2.13. The number of hydrogen-bond acceptors (Lipinski definition) is 6. The first-order valence-electron chi connectivity index (χ1n) is 9.46. The molecule has 0 saturated carbocycles. The van der Waals surface area contributed by atoms with Crippen molar-refractivity contribution in [1.29, 1.82) is 0 Å². The highest BCUT2D eigenvalue weighted by atomic mass is 32.1. The summed E-state index contributed by atoms with van der Waals surface area (Å²) < 4.78 is 11.2. The summed E-state index contributed by atoms with van der Waals surface area (Å²) in [4.78, 5) is 20.3. The van der Waals surface area contributed by atoms with Gasteiger partial charge in [-0.15, -0.1) is 0 Å². The highest BCUT2D eigenvalue weighted by molar-refractivity contribution is 7.16. The van der Waals surface area contributed by atoms with Gasteiger partial charge in [-0.05, 0) is 23.6 Å². The third kappa shape index (κ3) is 4.09. The molecule has 1 fully saturated rings. The van der Waals surface area contributed by atoms with Gasteiger partial charge in [0.1, 0.15) is 11.6 Å². The number of nitrogens with one attached hydrogen (secondary N) is 1. The minimum absolute atomic E-state index is 0.0199. The molecule has 1 saturated heterocycles. The number of carbonyl (C=O) groups is 1. The number of carbonyl (C=O) groups excluding carboxylic acids is 1. The minimum Gasteiger partial charge on any atom is -0.493 e. The molecule has 0 bridgehead atoms. The van der Waals surface area contributed by atoms with Crippen molar-refractivity contribution in [2.45, 2.75) is 26.2 Å². The molecule has 0 spiro atoms. The lowest BCUT2D eigenvalue weighted by Crippen LogP contribution is -2.36. The van der Waals surface area contributed by atoms with E-state index in [2.05, 4.69) is 36.2 Å². The Labute approximate surface area is 163 Å².